The highest BCUT2D eigenvalue weighted by Gasteiger charge is 2.26. The van der Waals surface area contributed by atoms with E-state index in [1.165, 1.54) is 6.42 Å². The number of hydrogen-bond donors (Lipinski definition) is 2. The highest BCUT2D eigenvalue weighted by atomic mass is 16.5. The van der Waals surface area contributed by atoms with Crippen LogP contribution in [0, 0.1) is 5.92 Å². The molecular formula is C15H22N2O3. The van der Waals surface area contributed by atoms with Crippen LogP contribution in [-0.2, 0) is 9.53 Å². The minimum atomic E-state index is -0.778. The van der Waals surface area contributed by atoms with Crippen LogP contribution < -0.4 is 5.32 Å². The van der Waals surface area contributed by atoms with E-state index >= 15 is 0 Å². The lowest BCUT2D eigenvalue weighted by Gasteiger charge is -2.30. The molecule has 1 heterocycles. The predicted molar refractivity (Wildman–Crippen MR) is 75.2 cm³/mol. The molecular weight excluding hydrogens is 256 g/mol. The summed E-state index contributed by atoms with van der Waals surface area (Å²) in [6.45, 7) is 3.75. The van der Waals surface area contributed by atoms with E-state index in [9.17, 15) is 9.59 Å². The van der Waals surface area contributed by atoms with Gasteiger partial charge in [-0.2, -0.15) is 0 Å². The molecule has 20 heavy (non-hydrogen) atoms. The maximum absolute atomic E-state index is 12.1. The molecule has 5 nitrogen and oxygen atoms in total. The number of esters is 1. The summed E-state index contributed by atoms with van der Waals surface area (Å²) in [5.74, 6) is -0.239. The lowest BCUT2D eigenvalue weighted by Crippen LogP contribution is -2.46. The smallest absolute Gasteiger partial charge is 0.355 e. The van der Waals surface area contributed by atoms with Crippen LogP contribution in [0.25, 0.3) is 0 Å². The third-order valence-corrected chi connectivity index (χ3v) is 3.91. The van der Waals surface area contributed by atoms with Gasteiger partial charge in [0.15, 0.2) is 6.10 Å². The summed E-state index contributed by atoms with van der Waals surface area (Å²) in [6.07, 6.45) is 5.38. The first-order valence-corrected chi connectivity index (χ1v) is 7.22. The van der Waals surface area contributed by atoms with Gasteiger partial charge in [-0.05, 0) is 37.8 Å². The lowest BCUT2D eigenvalue weighted by atomic mass is 9.86. The standard InChI is InChI=1S/C15H22N2O3/c1-10-6-3-4-7-12(10)17-14(18)11(2)20-15(19)13-8-5-9-16-13/h5,8-12,16H,3-4,6-7H2,1-2H3,(H,17,18)/t10-,11+,12+/m0/s1. The molecule has 0 radical (unpaired) electrons. The number of rotatable bonds is 4. The number of nitrogens with one attached hydrogen (secondary N) is 2. The summed E-state index contributed by atoms with van der Waals surface area (Å²) in [6, 6.07) is 3.53. The third-order valence-electron chi connectivity index (χ3n) is 3.91. The molecule has 1 aromatic heterocycles. The number of aromatic amines is 1. The first-order chi connectivity index (χ1) is 9.58. The van der Waals surface area contributed by atoms with Crippen molar-refractivity contribution in [2.24, 2.45) is 5.92 Å². The molecule has 1 aliphatic carbocycles. The van der Waals surface area contributed by atoms with E-state index in [1.54, 1.807) is 25.3 Å². The van der Waals surface area contributed by atoms with Gasteiger partial charge < -0.3 is 15.0 Å². The van der Waals surface area contributed by atoms with E-state index in [1.807, 2.05) is 0 Å². The Kier molecular flexibility index (Phi) is 4.82. The van der Waals surface area contributed by atoms with Crippen molar-refractivity contribution < 1.29 is 14.3 Å². The summed E-state index contributed by atoms with van der Waals surface area (Å²) >= 11 is 0. The number of H-pyrrole nitrogens is 1. The van der Waals surface area contributed by atoms with Crippen LogP contribution in [0.3, 0.4) is 0 Å². The summed E-state index contributed by atoms with van der Waals surface area (Å²) in [5, 5.41) is 2.99. The quantitative estimate of drug-likeness (QED) is 0.830. The minimum absolute atomic E-state index is 0.197. The summed E-state index contributed by atoms with van der Waals surface area (Å²) in [5.41, 5.74) is 0.357. The van der Waals surface area contributed by atoms with Gasteiger partial charge in [0, 0.05) is 12.2 Å². The first-order valence-electron chi connectivity index (χ1n) is 7.22. The van der Waals surface area contributed by atoms with E-state index in [0.29, 0.717) is 11.6 Å². The summed E-state index contributed by atoms with van der Waals surface area (Å²) < 4.78 is 5.15. The van der Waals surface area contributed by atoms with Crippen molar-refractivity contribution in [2.45, 2.75) is 51.7 Å². The van der Waals surface area contributed by atoms with Gasteiger partial charge in [0.25, 0.3) is 5.91 Å². The number of carbonyl (C=O) groups is 2. The van der Waals surface area contributed by atoms with Crippen LogP contribution in [-0.4, -0.2) is 29.0 Å². The zero-order chi connectivity index (χ0) is 14.5. The van der Waals surface area contributed by atoms with Crippen LogP contribution in [0.15, 0.2) is 18.3 Å². The summed E-state index contributed by atoms with van der Waals surface area (Å²) in [7, 11) is 0. The van der Waals surface area contributed by atoms with Crippen LogP contribution in [0.4, 0.5) is 0 Å². The Morgan fingerprint density at radius 3 is 2.80 bits per heavy atom. The molecule has 1 aromatic rings. The molecule has 0 saturated heterocycles. The maximum atomic E-state index is 12.1. The number of carbonyl (C=O) groups excluding carboxylic acids is 2. The maximum Gasteiger partial charge on any atom is 0.355 e. The zero-order valence-electron chi connectivity index (χ0n) is 12.0. The second kappa shape index (κ2) is 6.59. The van der Waals surface area contributed by atoms with Crippen molar-refractivity contribution in [3.63, 3.8) is 0 Å². The number of hydrogen-bond acceptors (Lipinski definition) is 3. The molecule has 2 rings (SSSR count). The van der Waals surface area contributed by atoms with Gasteiger partial charge in [0.05, 0.1) is 0 Å². The molecule has 0 aliphatic heterocycles. The number of amides is 1. The second-order valence-corrected chi connectivity index (χ2v) is 5.51. The molecule has 110 valence electrons. The molecule has 1 fully saturated rings. The Morgan fingerprint density at radius 1 is 1.40 bits per heavy atom. The van der Waals surface area contributed by atoms with Crippen molar-refractivity contribution in [1.82, 2.24) is 10.3 Å². The highest BCUT2D eigenvalue weighted by Crippen LogP contribution is 2.23. The van der Waals surface area contributed by atoms with Crippen molar-refractivity contribution >= 4 is 11.9 Å². The molecule has 3 atom stereocenters. The van der Waals surface area contributed by atoms with Crippen molar-refractivity contribution in [2.75, 3.05) is 0 Å². The van der Waals surface area contributed by atoms with E-state index in [4.69, 9.17) is 4.74 Å². The number of aromatic nitrogens is 1. The Balaban J connectivity index is 1.84. The third kappa shape index (κ3) is 3.62. The minimum Gasteiger partial charge on any atom is -0.448 e. The van der Waals surface area contributed by atoms with Crippen LogP contribution >= 0.6 is 0 Å². The average Bonchev–Trinajstić information content (AvgIpc) is 2.95. The number of ether oxygens (including phenoxy) is 1. The largest absolute Gasteiger partial charge is 0.448 e. The topological polar surface area (TPSA) is 71.2 Å². The fourth-order valence-corrected chi connectivity index (χ4v) is 2.57. The van der Waals surface area contributed by atoms with Crippen molar-refractivity contribution in [1.29, 1.82) is 0 Å². The molecule has 2 N–H and O–H groups in total. The van der Waals surface area contributed by atoms with Gasteiger partial charge in [-0.15, -0.1) is 0 Å². The monoisotopic (exact) mass is 278 g/mol. The second-order valence-electron chi connectivity index (χ2n) is 5.51. The molecule has 1 saturated carbocycles. The van der Waals surface area contributed by atoms with Gasteiger partial charge in [-0.1, -0.05) is 19.8 Å². The Labute approximate surface area is 119 Å². The average molecular weight is 278 g/mol. The predicted octanol–water partition coefficient (Wildman–Crippen LogP) is 2.25. The molecule has 0 aromatic carbocycles. The van der Waals surface area contributed by atoms with Crippen molar-refractivity contribution in [3.05, 3.63) is 24.0 Å². The van der Waals surface area contributed by atoms with E-state index in [-0.39, 0.29) is 11.9 Å². The molecule has 0 bridgehead atoms. The molecule has 1 amide bonds. The lowest BCUT2D eigenvalue weighted by molar-refractivity contribution is -0.130. The van der Waals surface area contributed by atoms with Gasteiger partial charge in [0.1, 0.15) is 5.69 Å². The van der Waals surface area contributed by atoms with Crippen LogP contribution in [0.2, 0.25) is 0 Å². The Morgan fingerprint density at radius 2 is 2.15 bits per heavy atom. The molecule has 0 spiro atoms. The Bertz CT molecular complexity index is 456. The molecule has 1 aliphatic rings. The Hall–Kier alpha value is -1.78. The van der Waals surface area contributed by atoms with Gasteiger partial charge >= 0.3 is 5.97 Å². The zero-order valence-corrected chi connectivity index (χ0v) is 12.0. The fourth-order valence-electron chi connectivity index (χ4n) is 2.57. The van der Waals surface area contributed by atoms with E-state index in [0.717, 1.165) is 19.3 Å². The van der Waals surface area contributed by atoms with Gasteiger partial charge in [-0.25, -0.2) is 4.79 Å². The summed E-state index contributed by atoms with van der Waals surface area (Å²) in [4.78, 5) is 26.6. The van der Waals surface area contributed by atoms with Crippen molar-refractivity contribution in [3.8, 4) is 0 Å². The highest BCUT2D eigenvalue weighted by molar-refractivity contribution is 5.90. The normalized spacial score (nSPS) is 23.9. The van der Waals surface area contributed by atoms with E-state index in [2.05, 4.69) is 17.2 Å². The SMILES string of the molecule is C[C@@H](OC(=O)c1ccc[nH]1)C(=O)N[C@@H]1CCCC[C@@H]1C. The van der Waals surface area contributed by atoms with Crippen LogP contribution in [0.5, 0.6) is 0 Å². The van der Waals surface area contributed by atoms with Crippen LogP contribution in [0.1, 0.15) is 50.0 Å². The van der Waals surface area contributed by atoms with E-state index < -0.39 is 12.1 Å². The first kappa shape index (κ1) is 14.6. The molecule has 5 heteroatoms. The van der Waals surface area contributed by atoms with Gasteiger partial charge in [-0.3, -0.25) is 4.79 Å². The van der Waals surface area contributed by atoms with Gasteiger partial charge in [0.2, 0.25) is 0 Å². The fraction of sp³-hybridized carbons (Fsp3) is 0.600. The molecule has 0 unspecified atom stereocenters.